The van der Waals surface area contributed by atoms with Crippen molar-refractivity contribution in [1.29, 1.82) is 0 Å². The van der Waals surface area contributed by atoms with Crippen LogP contribution in [0, 0.1) is 6.92 Å². The van der Waals surface area contributed by atoms with Crippen molar-refractivity contribution in [2.24, 2.45) is 0 Å². The largest absolute Gasteiger partial charge is 0.357 e. The number of nitrogens with zero attached hydrogens (tertiary/aromatic N) is 3. The molecule has 0 bridgehead atoms. The molecule has 1 saturated heterocycles. The molecule has 6 heteroatoms. The minimum atomic E-state index is -0.126. The van der Waals surface area contributed by atoms with Crippen LogP contribution in [-0.2, 0) is 6.54 Å². The molecule has 1 aromatic heterocycles. The maximum absolute atomic E-state index is 12.2. The van der Waals surface area contributed by atoms with Gasteiger partial charge in [-0.2, -0.15) is 0 Å². The van der Waals surface area contributed by atoms with E-state index in [2.05, 4.69) is 36.1 Å². The van der Waals surface area contributed by atoms with E-state index in [0.717, 1.165) is 29.1 Å². The molecule has 0 radical (unpaired) electrons. The van der Waals surface area contributed by atoms with E-state index in [-0.39, 0.29) is 5.91 Å². The van der Waals surface area contributed by atoms with Gasteiger partial charge in [-0.05, 0) is 38.0 Å². The van der Waals surface area contributed by atoms with Crippen LogP contribution >= 0.6 is 15.9 Å². The Kier molecular flexibility index (Phi) is 4.91. The SMILES string of the molecule is Cc1cc(N2CCCC2)nc(CNC(=O)c2cccc(Br)c2)n1. The number of anilines is 1. The number of nitrogens with one attached hydrogen (secondary N) is 1. The number of benzene rings is 1. The normalized spacial score (nSPS) is 14.1. The molecule has 0 spiro atoms. The lowest BCUT2D eigenvalue weighted by Gasteiger charge is -2.17. The molecule has 1 aliphatic rings. The Hall–Kier alpha value is -1.95. The van der Waals surface area contributed by atoms with Crippen molar-refractivity contribution < 1.29 is 4.79 Å². The summed E-state index contributed by atoms with van der Waals surface area (Å²) in [5.41, 5.74) is 1.54. The van der Waals surface area contributed by atoms with Gasteiger partial charge in [0.1, 0.15) is 11.6 Å². The highest BCUT2D eigenvalue weighted by Crippen LogP contribution is 2.18. The first-order chi connectivity index (χ1) is 11.1. The van der Waals surface area contributed by atoms with Gasteiger partial charge in [-0.3, -0.25) is 4.79 Å². The number of carbonyl (C=O) groups is 1. The second-order valence-electron chi connectivity index (χ2n) is 5.67. The standard InChI is InChI=1S/C17H19BrN4O/c1-12-9-16(22-7-2-3-8-22)21-15(20-12)11-19-17(23)13-5-4-6-14(18)10-13/h4-6,9-10H,2-3,7-8,11H2,1H3,(H,19,23). The van der Waals surface area contributed by atoms with Crippen LogP contribution in [0.3, 0.4) is 0 Å². The number of hydrogen-bond acceptors (Lipinski definition) is 4. The summed E-state index contributed by atoms with van der Waals surface area (Å²) in [7, 11) is 0. The van der Waals surface area contributed by atoms with Gasteiger partial charge in [-0.15, -0.1) is 0 Å². The molecule has 120 valence electrons. The molecule has 1 fully saturated rings. The van der Waals surface area contributed by atoms with E-state index in [9.17, 15) is 4.79 Å². The minimum absolute atomic E-state index is 0.126. The van der Waals surface area contributed by atoms with E-state index in [1.165, 1.54) is 12.8 Å². The predicted molar refractivity (Wildman–Crippen MR) is 93.5 cm³/mol. The molecule has 1 aromatic carbocycles. The number of hydrogen-bond donors (Lipinski definition) is 1. The Bertz CT molecular complexity index is 713. The van der Waals surface area contributed by atoms with Crippen molar-refractivity contribution >= 4 is 27.7 Å². The van der Waals surface area contributed by atoms with Gasteiger partial charge in [-0.1, -0.05) is 22.0 Å². The molecule has 2 aromatic rings. The van der Waals surface area contributed by atoms with E-state index >= 15 is 0 Å². The fourth-order valence-corrected chi connectivity index (χ4v) is 3.09. The molecule has 0 atom stereocenters. The average molecular weight is 375 g/mol. The topological polar surface area (TPSA) is 58.1 Å². The maximum Gasteiger partial charge on any atom is 0.251 e. The second-order valence-corrected chi connectivity index (χ2v) is 6.59. The first-order valence-corrected chi connectivity index (χ1v) is 8.54. The summed E-state index contributed by atoms with van der Waals surface area (Å²) in [6.07, 6.45) is 2.41. The zero-order valence-electron chi connectivity index (χ0n) is 13.1. The van der Waals surface area contributed by atoms with Gasteiger partial charge in [0.25, 0.3) is 5.91 Å². The lowest BCUT2D eigenvalue weighted by molar-refractivity contribution is 0.0950. The van der Waals surface area contributed by atoms with Crippen LogP contribution in [0.1, 0.15) is 34.7 Å². The first-order valence-electron chi connectivity index (χ1n) is 7.75. The molecular weight excluding hydrogens is 356 g/mol. The fraction of sp³-hybridized carbons (Fsp3) is 0.353. The first kappa shape index (κ1) is 15.9. The van der Waals surface area contributed by atoms with Gasteiger partial charge >= 0.3 is 0 Å². The van der Waals surface area contributed by atoms with Crippen molar-refractivity contribution in [3.63, 3.8) is 0 Å². The van der Waals surface area contributed by atoms with Crippen molar-refractivity contribution in [3.05, 3.63) is 51.9 Å². The third-order valence-electron chi connectivity index (χ3n) is 3.81. The van der Waals surface area contributed by atoms with Crippen LogP contribution in [0.4, 0.5) is 5.82 Å². The number of aromatic nitrogens is 2. The fourth-order valence-electron chi connectivity index (χ4n) is 2.69. The number of halogens is 1. The van der Waals surface area contributed by atoms with Gasteiger partial charge in [0.2, 0.25) is 0 Å². The minimum Gasteiger partial charge on any atom is -0.357 e. The number of rotatable bonds is 4. The predicted octanol–water partition coefficient (Wildman–Crippen LogP) is 3.08. The monoisotopic (exact) mass is 374 g/mol. The number of aryl methyl sites for hydroxylation is 1. The van der Waals surface area contributed by atoms with Gasteiger partial charge in [0.05, 0.1) is 6.54 Å². The molecule has 1 N–H and O–H groups in total. The molecule has 1 amide bonds. The average Bonchev–Trinajstić information content (AvgIpc) is 3.06. The lowest BCUT2D eigenvalue weighted by Crippen LogP contribution is -2.25. The summed E-state index contributed by atoms with van der Waals surface area (Å²) in [6, 6.07) is 9.32. The van der Waals surface area contributed by atoms with E-state index in [1.54, 1.807) is 12.1 Å². The molecule has 5 nitrogen and oxygen atoms in total. The van der Waals surface area contributed by atoms with Crippen LogP contribution < -0.4 is 10.2 Å². The Morgan fingerprint density at radius 3 is 2.78 bits per heavy atom. The van der Waals surface area contributed by atoms with Crippen LogP contribution in [0.25, 0.3) is 0 Å². The van der Waals surface area contributed by atoms with Crippen molar-refractivity contribution in [2.45, 2.75) is 26.3 Å². The summed E-state index contributed by atoms with van der Waals surface area (Å²) in [4.78, 5) is 23.5. The highest BCUT2D eigenvalue weighted by atomic mass is 79.9. The van der Waals surface area contributed by atoms with Gasteiger partial charge in [0, 0.05) is 34.9 Å². The van der Waals surface area contributed by atoms with E-state index in [4.69, 9.17) is 0 Å². The summed E-state index contributed by atoms with van der Waals surface area (Å²) >= 11 is 3.37. The molecule has 0 unspecified atom stereocenters. The summed E-state index contributed by atoms with van der Waals surface area (Å²) in [5, 5.41) is 2.88. The summed E-state index contributed by atoms with van der Waals surface area (Å²) < 4.78 is 0.883. The maximum atomic E-state index is 12.2. The molecule has 3 rings (SSSR count). The third kappa shape index (κ3) is 4.07. The van der Waals surface area contributed by atoms with E-state index < -0.39 is 0 Å². The molecular formula is C17H19BrN4O. The molecule has 0 saturated carbocycles. The van der Waals surface area contributed by atoms with Crippen LogP contribution in [0.15, 0.2) is 34.8 Å². The zero-order chi connectivity index (χ0) is 16.2. The molecule has 0 aliphatic carbocycles. The number of amides is 1. The Labute approximate surface area is 144 Å². The highest BCUT2D eigenvalue weighted by Gasteiger charge is 2.15. The van der Waals surface area contributed by atoms with Crippen LogP contribution in [-0.4, -0.2) is 29.0 Å². The van der Waals surface area contributed by atoms with Gasteiger partial charge in [0.15, 0.2) is 0 Å². The molecule has 2 heterocycles. The Balaban J connectivity index is 1.69. The van der Waals surface area contributed by atoms with E-state index in [1.807, 2.05) is 25.1 Å². The van der Waals surface area contributed by atoms with Crippen LogP contribution in [0.2, 0.25) is 0 Å². The zero-order valence-corrected chi connectivity index (χ0v) is 14.6. The quantitative estimate of drug-likeness (QED) is 0.893. The Morgan fingerprint density at radius 1 is 1.26 bits per heavy atom. The summed E-state index contributed by atoms with van der Waals surface area (Å²) in [5.74, 6) is 1.48. The smallest absolute Gasteiger partial charge is 0.251 e. The van der Waals surface area contributed by atoms with Gasteiger partial charge in [-0.25, -0.2) is 9.97 Å². The molecule has 1 aliphatic heterocycles. The number of carbonyl (C=O) groups excluding carboxylic acids is 1. The third-order valence-corrected chi connectivity index (χ3v) is 4.30. The lowest BCUT2D eigenvalue weighted by atomic mass is 10.2. The van der Waals surface area contributed by atoms with Gasteiger partial charge < -0.3 is 10.2 Å². The van der Waals surface area contributed by atoms with Crippen molar-refractivity contribution in [2.75, 3.05) is 18.0 Å². The van der Waals surface area contributed by atoms with Crippen LogP contribution in [0.5, 0.6) is 0 Å². The highest BCUT2D eigenvalue weighted by molar-refractivity contribution is 9.10. The second kappa shape index (κ2) is 7.08. The van der Waals surface area contributed by atoms with Crippen molar-refractivity contribution in [1.82, 2.24) is 15.3 Å². The van der Waals surface area contributed by atoms with E-state index in [0.29, 0.717) is 17.9 Å². The summed E-state index contributed by atoms with van der Waals surface area (Å²) in [6.45, 7) is 4.37. The van der Waals surface area contributed by atoms with Crippen molar-refractivity contribution in [3.8, 4) is 0 Å². The molecule has 23 heavy (non-hydrogen) atoms. The Morgan fingerprint density at radius 2 is 2.04 bits per heavy atom.